The molecule has 0 spiro atoms. The Morgan fingerprint density at radius 1 is 0.517 bits per heavy atom. The van der Waals surface area contributed by atoms with Crippen LogP contribution in [0.15, 0.2) is 187 Å². The minimum atomic E-state index is -1.22. The number of aryl methyl sites for hydroxylation is 1. The summed E-state index contributed by atoms with van der Waals surface area (Å²) >= 11 is 0. The fourth-order valence-corrected chi connectivity index (χ4v) is 8.12. The Kier molecular flexibility index (Phi) is 14.2. The van der Waals surface area contributed by atoms with E-state index >= 15 is 0 Å². The fraction of sp³-hybridized carbons (Fsp3) is 0.167. The molecular formula is C54H53IrN3OSi. The van der Waals surface area contributed by atoms with E-state index in [9.17, 15) is 0 Å². The number of fused-ring (bicyclic) bond motifs is 3. The van der Waals surface area contributed by atoms with Crippen molar-refractivity contribution in [1.82, 2.24) is 15.0 Å². The first kappa shape index (κ1) is 43.8. The van der Waals surface area contributed by atoms with Gasteiger partial charge in [-0.15, -0.1) is 0 Å². The summed E-state index contributed by atoms with van der Waals surface area (Å²) in [5.41, 5.74) is 13.6. The molecule has 0 atom stereocenters. The molecule has 0 saturated carbocycles. The van der Waals surface area contributed by atoms with E-state index in [-0.39, 0.29) is 25.5 Å². The van der Waals surface area contributed by atoms with Gasteiger partial charge in [0.25, 0.3) is 0 Å². The van der Waals surface area contributed by atoms with Crippen LogP contribution in [0.2, 0.25) is 19.6 Å². The third-order valence-corrected chi connectivity index (χ3v) is 12.3. The van der Waals surface area contributed by atoms with Crippen LogP contribution < -0.4 is 5.19 Å². The Morgan fingerprint density at radius 2 is 1.12 bits per heavy atom. The van der Waals surface area contributed by atoms with Crippen LogP contribution in [-0.4, -0.2) is 23.0 Å². The van der Waals surface area contributed by atoms with Crippen molar-refractivity contribution in [2.75, 3.05) is 0 Å². The summed E-state index contributed by atoms with van der Waals surface area (Å²) in [4.78, 5) is 13.6. The van der Waals surface area contributed by atoms with Crippen molar-refractivity contribution in [3.63, 3.8) is 0 Å². The summed E-state index contributed by atoms with van der Waals surface area (Å²) in [7, 11) is -1.22. The predicted molar refractivity (Wildman–Crippen MR) is 253 cm³/mol. The zero-order chi connectivity index (χ0) is 41.4. The van der Waals surface area contributed by atoms with E-state index in [1.807, 2.05) is 85.3 Å². The number of hydrogen-bond donors (Lipinski definition) is 0. The second-order valence-electron chi connectivity index (χ2n) is 17.2. The van der Waals surface area contributed by atoms with Gasteiger partial charge in [0.1, 0.15) is 11.2 Å². The molecule has 4 nitrogen and oxygen atoms in total. The van der Waals surface area contributed by atoms with Gasteiger partial charge in [-0.1, -0.05) is 156 Å². The van der Waals surface area contributed by atoms with Crippen molar-refractivity contribution in [2.24, 2.45) is 5.41 Å². The van der Waals surface area contributed by atoms with Gasteiger partial charge in [-0.25, -0.2) is 0 Å². The smallest absolute Gasteiger partial charge is 0.136 e. The molecule has 0 N–H and O–H groups in total. The molecular weight excluding hydrogens is 927 g/mol. The van der Waals surface area contributed by atoms with E-state index < -0.39 is 8.07 Å². The zero-order valence-corrected chi connectivity index (χ0v) is 39.0. The van der Waals surface area contributed by atoms with Gasteiger partial charge in [0.05, 0.1) is 25.2 Å². The molecule has 5 aromatic carbocycles. The molecule has 0 amide bonds. The number of furan rings is 1. The topological polar surface area (TPSA) is 51.8 Å². The van der Waals surface area contributed by atoms with Crippen molar-refractivity contribution >= 4 is 35.2 Å². The number of hydrogen-bond acceptors (Lipinski definition) is 4. The van der Waals surface area contributed by atoms with E-state index in [0.717, 1.165) is 56.6 Å². The average Bonchev–Trinajstić information content (AvgIpc) is 3.64. The average molecular weight is 980 g/mol. The molecule has 1 radical (unpaired) electrons. The van der Waals surface area contributed by atoms with Crippen LogP contribution in [0.25, 0.3) is 66.8 Å². The van der Waals surface area contributed by atoms with Crippen molar-refractivity contribution < 1.29 is 24.5 Å². The Hall–Kier alpha value is -5.78. The molecule has 303 valence electrons. The summed E-state index contributed by atoms with van der Waals surface area (Å²) < 4.78 is 6.19. The zero-order valence-electron chi connectivity index (χ0n) is 35.6. The SMILES string of the molecule is C[Si](C)(C)c1ccc(-c2ccccc2)nc1.Cc1cnc(-c2ccc3oc4cccc(-c5ccccc5)c4c3c2)cc1CC(C)(C)C.[Ir].c1ccc(-c2ccccn2)cc1. The van der Waals surface area contributed by atoms with E-state index in [1.165, 1.54) is 33.0 Å². The molecule has 0 aliphatic heterocycles. The third kappa shape index (κ3) is 11.1. The van der Waals surface area contributed by atoms with Gasteiger partial charge >= 0.3 is 0 Å². The maximum Gasteiger partial charge on any atom is 0.136 e. The van der Waals surface area contributed by atoms with Gasteiger partial charge in [-0.3, -0.25) is 15.0 Å². The molecule has 4 aromatic heterocycles. The number of aromatic nitrogens is 3. The van der Waals surface area contributed by atoms with Crippen molar-refractivity contribution in [1.29, 1.82) is 0 Å². The summed E-state index contributed by atoms with van der Waals surface area (Å²) in [6.07, 6.45) is 6.88. The van der Waals surface area contributed by atoms with Crippen LogP contribution in [-0.2, 0) is 26.5 Å². The van der Waals surface area contributed by atoms with Gasteiger partial charge in [0, 0.05) is 66.2 Å². The van der Waals surface area contributed by atoms with Crippen molar-refractivity contribution in [3.05, 3.63) is 194 Å². The van der Waals surface area contributed by atoms with Crippen LogP contribution in [0.4, 0.5) is 0 Å². The largest absolute Gasteiger partial charge is 0.456 e. The summed E-state index contributed by atoms with van der Waals surface area (Å²) in [5, 5.41) is 3.70. The minimum Gasteiger partial charge on any atom is -0.456 e. The monoisotopic (exact) mass is 980 g/mol. The maximum atomic E-state index is 6.19. The molecule has 0 fully saturated rings. The maximum absolute atomic E-state index is 6.19. The van der Waals surface area contributed by atoms with E-state index in [2.05, 4.69) is 154 Å². The molecule has 9 rings (SSSR count). The van der Waals surface area contributed by atoms with Crippen LogP contribution in [0, 0.1) is 12.3 Å². The number of nitrogens with zero attached hydrogens (tertiary/aromatic N) is 3. The van der Waals surface area contributed by atoms with Crippen LogP contribution >= 0.6 is 0 Å². The molecule has 4 heterocycles. The van der Waals surface area contributed by atoms with Crippen LogP contribution in [0.5, 0.6) is 0 Å². The molecule has 0 saturated heterocycles. The van der Waals surface area contributed by atoms with Gasteiger partial charge in [0.15, 0.2) is 0 Å². The van der Waals surface area contributed by atoms with Crippen molar-refractivity contribution in [3.8, 4) is 44.9 Å². The van der Waals surface area contributed by atoms with Gasteiger partial charge in [-0.05, 0) is 94.7 Å². The Bertz CT molecular complexity index is 2700. The van der Waals surface area contributed by atoms with Crippen LogP contribution in [0.1, 0.15) is 31.9 Å². The van der Waals surface area contributed by atoms with Gasteiger partial charge in [-0.2, -0.15) is 0 Å². The Morgan fingerprint density at radius 3 is 1.68 bits per heavy atom. The summed E-state index contributed by atoms with van der Waals surface area (Å²) in [5.74, 6) is 0. The first-order valence-corrected chi connectivity index (χ1v) is 23.9. The normalized spacial score (nSPS) is 11.2. The fourth-order valence-electron chi connectivity index (χ4n) is 7.09. The molecule has 9 aromatic rings. The molecule has 0 unspecified atom stereocenters. The van der Waals surface area contributed by atoms with Gasteiger partial charge in [0.2, 0.25) is 0 Å². The molecule has 0 bridgehead atoms. The number of rotatable bonds is 6. The first-order valence-electron chi connectivity index (χ1n) is 20.4. The van der Waals surface area contributed by atoms with E-state index in [4.69, 9.17) is 9.40 Å². The Balaban J connectivity index is 0.000000173. The summed E-state index contributed by atoms with van der Waals surface area (Å²) in [6, 6.07) is 56.2. The molecule has 0 aliphatic carbocycles. The first-order chi connectivity index (χ1) is 28.4. The second kappa shape index (κ2) is 19.5. The number of benzene rings is 5. The van der Waals surface area contributed by atoms with E-state index in [1.54, 1.807) is 0 Å². The van der Waals surface area contributed by atoms with Crippen LogP contribution in [0.3, 0.4) is 0 Å². The van der Waals surface area contributed by atoms with E-state index in [0.29, 0.717) is 0 Å². The third-order valence-electron chi connectivity index (χ3n) is 10.2. The predicted octanol–water partition coefficient (Wildman–Crippen LogP) is 14.3. The number of pyridine rings is 3. The second-order valence-corrected chi connectivity index (χ2v) is 22.3. The molecule has 60 heavy (non-hydrogen) atoms. The quantitative estimate of drug-likeness (QED) is 0.156. The molecule has 6 heteroatoms. The molecule has 0 aliphatic rings. The minimum absolute atomic E-state index is 0. The van der Waals surface area contributed by atoms with Crippen molar-refractivity contribution in [2.45, 2.75) is 53.8 Å². The Labute approximate surface area is 370 Å². The summed E-state index contributed by atoms with van der Waals surface area (Å²) in [6.45, 7) is 16.0. The standard InChI is InChI=1S/C29H27NO.C14H17NSi.C11H9N.Ir/c1-19-18-30-25(16-22(19)17-29(2,3)4)21-13-14-26-24(15-21)28-23(11-8-12-27(28)31-26)20-9-6-5-7-10-20;1-16(2,3)13-9-10-14(15-11-13)12-7-5-4-6-8-12;1-2-6-10(7-3-1)11-8-4-5-9-12-11;/h5-16,18H,17H2,1-4H3;4-11H,1-3H3;1-9H;. The van der Waals surface area contributed by atoms with Gasteiger partial charge < -0.3 is 4.42 Å².